The molecule has 0 aromatic heterocycles. The number of ether oxygens (including phenoxy) is 3. The SMILES string of the molecule is CC(=O)OC1CCC23C(OC(C)=O)OC(CC4C5CCC(C(C)CCCC(C)C)C5(C)CCC42)C3(Cl)C1. The molecule has 0 amide bonds. The van der Waals surface area contributed by atoms with Crippen molar-refractivity contribution in [3.8, 4) is 0 Å². The van der Waals surface area contributed by atoms with Gasteiger partial charge in [-0.3, -0.25) is 9.59 Å². The largest absolute Gasteiger partial charge is 0.462 e. The van der Waals surface area contributed by atoms with Crippen molar-refractivity contribution in [3.63, 3.8) is 0 Å². The van der Waals surface area contributed by atoms with Crippen LogP contribution in [0.2, 0.25) is 0 Å². The molecule has 1 aliphatic heterocycles. The van der Waals surface area contributed by atoms with Crippen molar-refractivity contribution in [1.82, 2.24) is 0 Å². The fraction of sp³-hybridized carbons (Fsp3) is 0.935. The van der Waals surface area contributed by atoms with Crippen LogP contribution in [0.1, 0.15) is 112 Å². The molecule has 37 heavy (non-hydrogen) atoms. The number of carbonyl (C=O) groups is 2. The maximum atomic E-state index is 12.2. The molecule has 0 aromatic rings. The van der Waals surface area contributed by atoms with Gasteiger partial charge in [-0.25, -0.2) is 0 Å². The van der Waals surface area contributed by atoms with E-state index in [1.54, 1.807) is 0 Å². The molecule has 5 rings (SSSR count). The maximum absolute atomic E-state index is 12.2. The predicted octanol–water partition coefficient (Wildman–Crippen LogP) is 7.28. The van der Waals surface area contributed by atoms with Gasteiger partial charge in [-0.15, -0.1) is 11.6 Å². The highest BCUT2D eigenvalue weighted by molar-refractivity contribution is 6.25. The number of halogens is 1. The van der Waals surface area contributed by atoms with Crippen molar-refractivity contribution in [3.05, 3.63) is 0 Å². The van der Waals surface area contributed by atoms with Gasteiger partial charge >= 0.3 is 11.9 Å². The quantitative estimate of drug-likeness (QED) is 0.253. The van der Waals surface area contributed by atoms with Gasteiger partial charge in [-0.2, -0.15) is 0 Å². The minimum Gasteiger partial charge on any atom is -0.462 e. The van der Waals surface area contributed by atoms with Crippen molar-refractivity contribution in [2.75, 3.05) is 0 Å². The minimum atomic E-state index is -0.664. The third-order valence-corrected chi connectivity index (χ3v) is 12.5. The van der Waals surface area contributed by atoms with Gasteiger partial charge < -0.3 is 14.2 Å². The summed E-state index contributed by atoms with van der Waals surface area (Å²) in [4.78, 5) is 23.3. The monoisotopic (exact) mass is 536 g/mol. The zero-order chi connectivity index (χ0) is 26.8. The summed E-state index contributed by atoms with van der Waals surface area (Å²) in [5, 5.41) is 0. The van der Waals surface area contributed by atoms with E-state index < -0.39 is 16.6 Å². The molecule has 0 N–H and O–H groups in total. The number of hydrogen-bond acceptors (Lipinski definition) is 5. The Balaban J connectivity index is 1.41. The number of esters is 2. The summed E-state index contributed by atoms with van der Waals surface area (Å²) in [7, 11) is 0. The summed E-state index contributed by atoms with van der Waals surface area (Å²) in [5.41, 5.74) is -0.0422. The molecule has 11 unspecified atom stereocenters. The van der Waals surface area contributed by atoms with Crippen molar-refractivity contribution in [1.29, 1.82) is 0 Å². The summed E-state index contributed by atoms with van der Waals surface area (Å²) >= 11 is 7.64. The molecule has 0 radical (unpaired) electrons. The Bertz CT molecular complexity index is 891. The predicted molar refractivity (Wildman–Crippen MR) is 144 cm³/mol. The van der Waals surface area contributed by atoms with Gasteiger partial charge in [0.05, 0.1) is 16.4 Å². The van der Waals surface area contributed by atoms with Crippen LogP contribution in [0.3, 0.4) is 0 Å². The van der Waals surface area contributed by atoms with Crippen LogP contribution in [0, 0.1) is 46.3 Å². The van der Waals surface area contributed by atoms with Gasteiger partial charge in [0.2, 0.25) is 6.29 Å². The second-order valence-electron chi connectivity index (χ2n) is 14.1. The first-order valence-electron chi connectivity index (χ1n) is 15.1. The second kappa shape index (κ2) is 9.98. The molecule has 5 aliphatic rings. The molecule has 5 fully saturated rings. The Morgan fingerprint density at radius 1 is 0.973 bits per heavy atom. The lowest BCUT2D eigenvalue weighted by Gasteiger charge is -2.62. The van der Waals surface area contributed by atoms with E-state index in [4.69, 9.17) is 25.8 Å². The van der Waals surface area contributed by atoms with Crippen molar-refractivity contribution in [2.45, 2.75) is 136 Å². The van der Waals surface area contributed by atoms with Crippen LogP contribution in [-0.2, 0) is 23.8 Å². The summed E-state index contributed by atoms with van der Waals surface area (Å²) in [6.45, 7) is 12.7. The van der Waals surface area contributed by atoms with Crippen molar-refractivity contribution < 1.29 is 23.8 Å². The van der Waals surface area contributed by atoms with E-state index in [1.807, 2.05) is 0 Å². The molecule has 1 saturated heterocycles. The average molecular weight is 537 g/mol. The summed E-state index contributed by atoms with van der Waals surface area (Å²) < 4.78 is 18.2. The lowest BCUT2D eigenvalue weighted by molar-refractivity contribution is -0.203. The topological polar surface area (TPSA) is 61.8 Å². The lowest BCUT2D eigenvalue weighted by atomic mass is 9.43. The molecule has 5 nitrogen and oxygen atoms in total. The Hall–Kier alpha value is -0.810. The van der Waals surface area contributed by atoms with Crippen LogP contribution >= 0.6 is 11.6 Å². The Morgan fingerprint density at radius 3 is 2.38 bits per heavy atom. The third kappa shape index (κ3) is 4.37. The zero-order valence-corrected chi connectivity index (χ0v) is 24.6. The Morgan fingerprint density at radius 2 is 1.70 bits per heavy atom. The molecule has 4 aliphatic carbocycles. The van der Waals surface area contributed by atoms with Crippen LogP contribution in [0.4, 0.5) is 0 Å². The first kappa shape index (κ1) is 27.7. The summed E-state index contributed by atoms with van der Waals surface area (Å²) in [6, 6.07) is 0. The van der Waals surface area contributed by atoms with Crippen LogP contribution < -0.4 is 0 Å². The van der Waals surface area contributed by atoms with E-state index in [-0.39, 0.29) is 24.1 Å². The summed E-state index contributed by atoms with van der Waals surface area (Å²) in [6.07, 6.45) is 11.0. The number of fused-ring (bicyclic) bond motifs is 3. The highest BCUT2D eigenvalue weighted by atomic mass is 35.5. The normalized spacial score (nSPS) is 47.1. The first-order valence-corrected chi connectivity index (χ1v) is 15.5. The van der Waals surface area contributed by atoms with Crippen LogP contribution in [0.15, 0.2) is 0 Å². The molecular weight excluding hydrogens is 488 g/mol. The lowest BCUT2D eigenvalue weighted by Crippen LogP contribution is -2.65. The summed E-state index contributed by atoms with van der Waals surface area (Å²) in [5.74, 6) is 3.37. The van der Waals surface area contributed by atoms with Gasteiger partial charge in [-0.05, 0) is 85.9 Å². The smallest absolute Gasteiger partial charge is 0.304 e. The Labute approximate surface area is 229 Å². The fourth-order valence-electron chi connectivity index (χ4n) is 10.4. The fourth-order valence-corrected chi connectivity index (χ4v) is 11.0. The van der Waals surface area contributed by atoms with Gasteiger partial charge in [-0.1, -0.05) is 47.0 Å². The maximum Gasteiger partial charge on any atom is 0.304 e. The van der Waals surface area contributed by atoms with E-state index in [9.17, 15) is 9.59 Å². The van der Waals surface area contributed by atoms with Gasteiger partial charge in [0.15, 0.2) is 0 Å². The van der Waals surface area contributed by atoms with Gasteiger partial charge in [0.1, 0.15) is 6.10 Å². The molecular formula is C31H49ClO5. The third-order valence-electron chi connectivity index (χ3n) is 11.8. The van der Waals surface area contributed by atoms with Crippen LogP contribution in [0.25, 0.3) is 0 Å². The van der Waals surface area contributed by atoms with Gasteiger partial charge in [0.25, 0.3) is 0 Å². The molecule has 6 heteroatoms. The molecule has 1 heterocycles. The highest BCUT2D eigenvalue weighted by Gasteiger charge is 2.77. The molecule has 4 saturated carbocycles. The molecule has 0 aromatic carbocycles. The minimum absolute atomic E-state index is 0.178. The molecule has 11 atom stereocenters. The van der Waals surface area contributed by atoms with Gasteiger partial charge in [0, 0.05) is 20.3 Å². The highest BCUT2D eigenvalue weighted by Crippen LogP contribution is 2.74. The van der Waals surface area contributed by atoms with E-state index in [0.717, 1.165) is 43.4 Å². The van der Waals surface area contributed by atoms with E-state index in [1.165, 1.54) is 52.4 Å². The van der Waals surface area contributed by atoms with E-state index >= 15 is 0 Å². The zero-order valence-electron chi connectivity index (χ0n) is 23.9. The Kier molecular flexibility index (Phi) is 7.49. The standard InChI is InChI=1S/C31H49ClO5/c1-18(2)8-7-9-19(3)24-10-11-25-23-16-27-31(32)17-22(35-20(4)33)12-15-30(31,28(37-27)36-21(5)34)26(23)13-14-29(24,25)6/h18-19,22-28H,7-17H2,1-6H3. The molecule has 0 spiro atoms. The van der Waals surface area contributed by atoms with E-state index in [0.29, 0.717) is 29.6 Å². The number of hydrogen-bond donors (Lipinski definition) is 0. The van der Waals surface area contributed by atoms with E-state index in [2.05, 4.69) is 27.7 Å². The number of carbonyl (C=O) groups excluding carboxylic acids is 2. The van der Waals surface area contributed by atoms with Crippen LogP contribution in [-0.4, -0.2) is 35.3 Å². The number of alkyl halides is 1. The molecule has 210 valence electrons. The van der Waals surface area contributed by atoms with Crippen LogP contribution in [0.5, 0.6) is 0 Å². The van der Waals surface area contributed by atoms with Crippen molar-refractivity contribution in [2.24, 2.45) is 46.3 Å². The first-order chi connectivity index (χ1) is 17.4. The number of rotatable bonds is 7. The average Bonchev–Trinajstić information content (AvgIpc) is 3.20. The second-order valence-corrected chi connectivity index (χ2v) is 14.8. The molecule has 2 bridgehead atoms. The van der Waals surface area contributed by atoms with Crippen molar-refractivity contribution >= 4 is 23.5 Å².